The Morgan fingerprint density at radius 3 is 1.62 bits per heavy atom. The van der Waals surface area contributed by atoms with Crippen LogP contribution >= 0.6 is 19.4 Å². The minimum atomic E-state index is -1.45. The van der Waals surface area contributed by atoms with Gasteiger partial charge < -0.3 is 0 Å². The van der Waals surface area contributed by atoms with Crippen molar-refractivity contribution in [2.45, 2.75) is 19.6 Å². The standard InChI is InChI=1S/C4H10Si.2ClH.Ru/c1-5(2,3)4;;;/h1H,2-4H3;2*1H;/q;;;+2/p-2. The summed E-state index contributed by atoms with van der Waals surface area (Å²) >= 11 is -1.45. The predicted molar refractivity (Wildman–Crippen MR) is 41.1 cm³/mol. The summed E-state index contributed by atoms with van der Waals surface area (Å²) in [6, 6.07) is 0. The van der Waals surface area contributed by atoms with Crippen molar-refractivity contribution in [3.05, 3.63) is 0 Å². The van der Waals surface area contributed by atoms with Crippen LogP contribution in [-0.2, 0) is 13.5 Å². The van der Waals surface area contributed by atoms with Gasteiger partial charge in [-0.15, -0.1) is 0 Å². The van der Waals surface area contributed by atoms with Gasteiger partial charge in [-0.3, -0.25) is 0 Å². The van der Waals surface area contributed by atoms with Crippen LogP contribution in [0, 0.1) is 0 Å². The molecule has 8 heavy (non-hydrogen) atoms. The van der Waals surface area contributed by atoms with Crippen LogP contribution in [0.5, 0.6) is 0 Å². The molecule has 0 unspecified atom stereocenters. The van der Waals surface area contributed by atoms with Gasteiger partial charge in [-0.2, -0.15) is 0 Å². The molecule has 0 saturated carbocycles. The molecule has 0 saturated heterocycles. The number of rotatable bonds is 1. The van der Waals surface area contributed by atoms with E-state index in [1.165, 1.54) is 0 Å². The van der Waals surface area contributed by atoms with Gasteiger partial charge in [0.2, 0.25) is 0 Å². The Morgan fingerprint density at radius 2 is 1.62 bits per heavy atom. The van der Waals surface area contributed by atoms with Crippen molar-refractivity contribution in [3.8, 4) is 0 Å². The van der Waals surface area contributed by atoms with Crippen LogP contribution in [0.1, 0.15) is 0 Å². The minimum absolute atomic E-state index is 1.05. The van der Waals surface area contributed by atoms with Gasteiger partial charge in [-0.05, 0) is 0 Å². The van der Waals surface area contributed by atoms with Gasteiger partial charge in [-0.1, -0.05) is 0 Å². The van der Waals surface area contributed by atoms with Crippen LogP contribution < -0.4 is 0 Å². The second kappa shape index (κ2) is 3.46. The van der Waals surface area contributed by atoms with Gasteiger partial charge in [0, 0.05) is 0 Å². The van der Waals surface area contributed by atoms with Crippen LogP contribution in [0.15, 0.2) is 0 Å². The van der Waals surface area contributed by atoms with Gasteiger partial charge in [0.05, 0.1) is 0 Å². The van der Waals surface area contributed by atoms with E-state index in [1.807, 2.05) is 0 Å². The SMILES string of the molecule is C[Si](C)(C)[CH]=[Ru]([Cl])[Cl]. The molecule has 0 aromatic rings. The summed E-state index contributed by atoms with van der Waals surface area (Å²) in [4.78, 5) is 0. The van der Waals surface area contributed by atoms with E-state index in [-0.39, 0.29) is 0 Å². The molecule has 0 aliphatic carbocycles. The second-order valence-corrected chi connectivity index (χ2v) is 14.3. The molecule has 0 aromatic heterocycles. The molecule has 0 bridgehead atoms. The Labute approximate surface area is 64.7 Å². The zero-order valence-corrected chi connectivity index (χ0v) is 9.44. The van der Waals surface area contributed by atoms with Gasteiger partial charge in [0.25, 0.3) is 0 Å². The molecule has 0 radical (unpaired) electrons. The molecule has 52 valence electrons. The molecule has 0 aliphatic heterocycles. The molecule has 0 rings (SSSR count). The van der Waals surface area contributed by atoms with Gasteiger partial charge in [-0.25, -0.2) is 0 Å². The van der Waals surface area contributed by atoms with Crippen LogP contribution in [0.2, 0.25) is 19.6 Å². The molecular formula is C4H10Cl2RuSi. The van der Waals surface area contributed by atoms with E-state index in [1.54, 1.807) is 0 Å². The molecule has 0 spiro atoms. The van der Waals surface area contributed by atoms with Crippen LogP contribution in [0.25, 0.3) is 0 Å². The zero-order chi connectivity index (χ0) is 6.78. The first kappa shape index (κ1) is 9.29. The predicted octanol–water partition coefficient (Wildman–Crippen LogP) is 2.59. The molecule has 0 aromatic carbocycles. The molecule has 0 nitrogen and oxygen atoms in total. The van der Waals surface area contributed by atoms with Crippen molar-refractivity contribution >= 4 is 31.7 Å². The fraction of sp³-hybridized carbons (Fsp3) is 0.750. The van der Waals surface area contributed by atoms with Gasteiger partial charge in [0.1, 0.15) is 0 Å². The first-order valence-electron chi connectivity index (χ1n) is 2.26. The van der Waals surface area contributed by atoms with Crippen molar-refractivity contribution in [1.82, 2.24) is 0 Å². The number of hydrogen-bond acceptors (Lipinski definition) is 0. The maximum absolute atomic E-state index is 5.65. The van der Waals surface area contributed by atoms with Gasteiger partial charge in [0.15, 0.2) is 0 Å². The summed E-state index contributed by atoms with van der Waals surface area (Å²) in [7, 11) is 10.3. The molecular weight excluding hydrogens is 248 g/mol. The summed E-state index contributed by atoms with van der Waals surface area (Å²) in [5.41, 5.74) is 0. The van der Waals surface area contributed by atoms with Crippen molar-refractivity contribution in [2.75, 3.05) is 0 Å². The van der Waals surface area contributed by atoms with E-state index in [9.17, 15) is 0 Å². The first-order valence-corrected chi connectivity index (χ1v) is 11.3. The Kier molecular flexibility index (Phi) is 4.01. The molecule has 0 atom stereocenters. The van der Waals surface area contributed by atoms with Crippen molar-refractivity contribution in [1.29, 1.82) is 0 Å². The topological polar surface area (TPSA) is 0 Å². The van der Waals surface area contributed by atoms with Crippen molar-refractivity contribution in [3.63, 3.8) is 0 Å². The van der Waals surface area contributed by atoms with Crippen LogP contribution in [-0.4, -0.2) is 12.3 Å². The summed E-state index contributed by atoms with van der Waals surface area (Å²) in [6.07, 6.45) is 0. The van der Waals surface area contributed by atoms with E-state index >= 15 is 0 Å². The summed E-state index contributed by atoms with van der Waals surface area (Å²) in [5.74, 6) is 0. The Bertz CT molecular complexity index is 101. The zero-order valence-electron chi connectivity index (χ0n) is 5.19. The molecule has 0 fully saturated rings. The van der Waals surface area contributed by atoms with Crippen molar-refractivity contribution < 1.29 is 13.5 Å². The summed E-state index contributed by atoms with van der Waals surface area (Å²) in [5, 5.41) is 0. The molecule has 0 amide bonds. The third-order valence-corrected chi connectivity index (χ3v) is 9.54. The van der Waals surface area contributed by atoms with Gasteiger partial charge >= 0.3 is 64.8 Å². The maximum atomic E-state index is 5.65. The van der Waals surface area contributed by atoms with E-state index < -0.39 is 21.6 Å². The summed E-state index contributed by atoms with van der Waals surface area (Å²) in [6.45, 7) is 6.70. The third-order valence-electron chi connectivity index (χ3n) is 0.383. The number of halogens is 2. The summed E-state index contributed by atoms with van der Waals surface area (Å²) < 4.78 is 2.17. The fourth-order valence-corrected chi connectivity index (χ4v) is 12.3. The van der Waals surface area contributed by atoms with Crippen LogP contribution in [0.3, 0.4) is 0 Å². The van der Waals surface area contributed by atoms with E-state index in [0.717, 1.165) is 0 Å². The molecule has 0 N–H and O–H groups in total. The Hall–Kier alpha value is 1.29. The molecule has 0 heterocycles. The average molecular weight is 258 g/mol. The normalized spacial score (nSPS) is 13.4. The number of hydrogen-bond donors (Lipinski definition) is 0. The van der Waals surface area contributed by atoms with Crippen LogP contribution in [0.4, 0.5) is 0 Å². The monoisotopic (exact) mass is 258 g/mol. The van der Waals surface area contributed by atoms with E-state index in [4.69, 9.17) is 19.4 Å². The molecule has 4 heteroatoms. The Morgan fingerprint density at radius 1 is 1.25 bits per heavy atom. The third kappa shape index (κ3) is 7.29. The first-order chi connectivity index (χ1) is 3.42. The quantitative estimate of drug-likeness (QED) is 0.634. The average Bonchev–Trinajstić information content (AvgIpc) is 1.21. The second-order valence-electron chi connectivity index (χ2n) is 2.67. The van der Waals surface area contributed by atoms with Crippen molar-refractivity contribution in [2.24, 2.45) is 0 Å². The fourth-order valence-electron chi connectivity index (χ4n) is 0.231. The Balaban J connectivity index is 3.89. The van der Waals surface area contributed by atoms with E-state index in [0.29, 0.717) is 0 Å². The molecule has 0 aliphatic rings. The van der Waals surface area contributed by atoms with E-state index in [2.05, 4.69) is 23.9 Å².